The highest BCUT2D eigenvalue weighted by molar-refractivity contribution is 6.17. The van der Waals surface area contributed by atoms with E-state index in [4.69, 9.17) is 4.74 Å². The smallest absolute Gasteiger partial charge is 0.339 e. The Morgan fingerprint density at radius 2 is 1.89 bits per heavy atom. The number of carbonyl (C=O) groups excluding carboxylic acids is 1. The molecule has 0 radical (unpaired) electrons. The summed E-state index contributed by atoms with van der Waals surface area (Å²) >= 11 is 0. The number of fused-ring (bicyclic) bond motifs is 3. The largest absolute Gasteiger partial charge is 0.478 e. The number of nitrogens with zero attached hydrogens (tertiary/aromatic N) is 2. The van der Waals surface area contributed by atoms with Crippen LogP contribution in [0.5, 0.6) is 0 Å². The second kappa shape index (κ2) is 6.42. The molecule has 1 saturated heterocycles. The van der Waals surface area contributed by atoms with Crippen molar-refractivity contribution in [1.29, 1.82) is 0 Å². The lowest BCUT2D eigenvalue weighted by Gasteiger charge is -2.34. The van der Waals surface area contributed by atoms with Crippen LogP contribution in [0, 0.1) is 0 Å². The van der Waals surface area contributed by atoms with Gasteiger partial charge in [-0.15, -0.1) is 0 Å². The third-order valence-electron chi connectivity index (χ3n) is 5.26. The van der Waals surface area contributed by atoms with Crippen LogP contribution >= 0.6 is 0 Å². The zero-order valence-corrected chi connectivity index (χ0v) is 15.5. The van der Waals surface area contributed by atoms with Gasteiger partial charge in [-0.3, -0.25) is 4.90 Å². The first-order chi connectivity index (χ1) is 12.9. The van der Waals surface area contributed by atoms with E-state index in [9.17, 15) is 14.7 Å². The third-order valence-corrected chi connectivity index (χ3v) is 5.26. The van der Waals surface area contributed by atoms with E-state index in [0.717, 1.165) is 16.5 Å². The van der Waals surface area contributed by atoms with Crippen LogP contribution in [-0.4, -0.2) is 64.7 Å². The van der Waals surface area contributed by atoms with E-state index < -0.39 is 11.4 Å². The van der Waals surface area contributed by atoms with Gasteiger partial charge >= 0.3 is 12.0 Å². The molecule has 7 nitrogen and oxygen atoms in total. The van der Waals surface area contributed by atoms with Gasteiger partial charge in [0.15, 0.2) is 0 Å². The van der Waals surface area contributed by atoms with Crippen LogP contribution in [0.1, 0.15) is 25.1 Å². The first-order valence-corrected chi connectivity index (χ1v) is 9.08. The summed E-state index contributed by atoms with van der Waals surface area (Å²) in [6.07, 6.45) is 1.48. The average Bonchev–Trinajstić information content (AvgIpc) is 2.99. The Balaban J connectivity index is 1.83. The quantitative estimate of drug-likeness (QED) is 0.809. The number of hydrogen-bond donors (Lipinski definition) is 2. The topological polar surface area (TPSA) is 85.9 Å². The molecule has 0 atom stereocenters. The zero-order chi connectivity index (χ0) is 19.2. The molecule has 1 aromatic heterocycles. The number of aromatic amines is 1. The number of benzene rings is 1. The van der Waals surface area contributed by atoms with E-state index in [1.54, 1.807) is 4.90 Å². The molecule has 0 unspecified atom stereocenters. The summed E-state index contributed by atoms with van der Waals surface area (Å²) in [4.78, 5) is 31.6. The summed E-state index contributed by atoms with van der Waals surface area (Å²) in [5.74, 6) is -1.06. The number of aromatic nitrogens is 1. The van der Waals surface area contributed by atoms with Crippen LogP contribution in [-0.2, 0) is 14.9 Å². The number of para-hydroxylation sites is 1. The number of urea groups is 1. The molecular weight excluding hydrogens is 346 g/mol. The third kappa shape index (κ3) is 2.98. The van der Waals surface area contributed by atoms with Crippen LogP contribution in [0.25, 0.3) is 16.5 Å². The Labute approximate surface area is 157 Å². The second-order valence-electron chi connectivity index (χ2n) is 7.66. The van der Waals surface area contributed by atoms with Crippen LogP contribution in [0.3, 0.4) is 0 Å². The van der Waals surface area contributed by atoms with Gasteiger partial charge in [0.25, 0.3) is 0 Å². The molecule has 3 heterocycles. The summed E-state index contributed by atoms with van der Waals surface area (Å²) in [5.41, 5.74) is 2.09. The molecule has 2 aromatic rings. The fourth-order valence-corrected chi connectivity index (χ4v) is 4.04. The summed E-state index contributed by atoms with van der Waals surface area (Å²) in [6.45, 7) is 6.52. The number of hydrogen-bond acceptors (Lipinski definition) is 3. The molecular formula is C20H23N3O4. The molecule has 2 amide bonds. The minimum Gasteiger partial charge on any atom is -0.478 e. The van der Waals surface area contributed by atoms with Crippen LogP contribution in [0.15, 0.2) is 30.5 Å². The first-order valence-electron chi connectivity index (χ1n) is 9.08. The molecule has 0 saturated carbocycles. The number of ether oxygens (including phenoxy) is 1. The number of carbonyl (C=O) groups is 2. The van der Waals surface area contributed by atoms with Gasteiger partial charge < -0.3 is 19.7 Å². The highest BCUT2D eigenvalue weighted by atomic mass is 16.5. The highest BCUT2D eigenvalue weighted by Gasteiger charge is 2.37. The number of rotatable bonds is 1. The first kappa shape index (κ1) is 17.6. The Morgan fingerprint density at radius 3 is 2.59 bits per heavy atom. The Bertz CT molecular complexity index is 938. The molecule has 142 valence electrons. The van der Waals surface area contributed by atoms with Gasteiger partial charge in [0.05, 0.1) is 24.5 Å². The van der Waals surface area contributed by atoms with Gasteiger partial charge in [-0.05, 0) is 11.6 Å². The van der Waals surface area contributed by atoms with Crippen molar-refractivity contribution in [2.45, 2.75) is 19.3 Å². The Morgan fingerprint density at radius 1 is 1.19 bits per heavy atom. The Hall–Kier alpha value is -2.80. The number of carboxylic acids is 1. The maximum Gasteiger partial charge on any atom is 0.339 e. The van der Waals surface area contributed by atoms with Crippen molar-refractivity contribution in [3.8, 4) is 0 Å². The number of H-pyrrole nitrogens is 1. The van der Waals surface area contributed by atoms with Gasteiger partial charge in [0.1, 0.15) is 0 Å². The summed E-state index contributed by atoms with van der Waals surface area (Å²) in [6, 6.07) is 7.61. The number of carboxylic acid groups (broad SMARTS) is 1. The lowest BCUT2D eigenvalue weighted by Crippen LogP contribution is -2.48. The molecule has 4 rings (SSSR count). The van der Waals surface area contributed by atoms with E-state index in [2.05, 4.69) is 4.98 Å². The molecule has 0 bridgehead atoms. The highest BCUT2D eigenvalue weighted by Crippen LogP contribution is 2.40. The SMILES string of the molecule is CC1(C)CN(C(=O)N2CCOCC2)C=C(C(=O)O)c2[nH]c3ccccc3c21. The van der Waals surface area contributed by atoms with Gasteiger partial charge in [-0.2, -0.15) is 0 Å². The van der Waals surface area contributed by atoms with Crippen molar-refractivity contribution in [3.63, 3.8) is 0 Å². The molecule has 1 fully saturated rings. The van der Waals surface area contributed by atoms with Crippen molar-refractivity contribution >= 4 is 28.5 Å². The van der Waals surface area contributed by atoms with Crippen LogP contribution in [0.2, 0.25) is 0 Å². The molecule has 0 aliphatic carbocycles. The van der Waals surface area contributed by atoms with Crippen LogP contribution < -0.4 is 0 Å². The zero-order valence-electron chi connectivity index (χ0n) is 15.5. The summed E-state index contributed by atoms with van der Waals surface area (Å²) < 4.78 is 5.32. The predicted molar refractivity (Wildman–Crippen MR) is 101 cm³/mol. The minimum absolute atomic E-state index is 0.105. The van der Waals surface area contributed by atoms with Gasteiger partial charge in [-0.25, -0.2) is 9.59 Å². The predicted octanol–water partition coefficient (Wildman–Crippen LogP) is 2.64. The van der Waals surface area contributed by atoms with E-state index >= 15 is 0 Å². The second-order valence-corrected chi connectivity index (χ2v) is 7.66. The summed E-state index contributed by atoms with van der Waals surface area (Å²) in [5, 5.41) is 10.8. The fraction of sp³-hybridized carbons (Fsp3) is 0.400. The van der Waals surface area contributed by atoms with Crippen molar-refractivity contribution in [2.24, 2.45) is 0 Å². The average molecular weight is 369 g/mol. The maximum atomic E-state index is 13.0. The number of morpholine rings is 1. The fourth-order valence-electron chi connectivity index (χ4n) is 4.04. The van der Waals surface area contributed by atoms with Gasteiger partial charge in [-0.1, -0.05) is 32.0 Å². The van der Waals surface area contributed by atoms with Gasteiger partial charge in [0, 0.05) is 42.2 Å². The number of amides is 2. The Kier molecular flexibility index (Phi) is 4.19. The van der Waals surface area contributed by atoms with Crippen molar-refractivity contribution in [3.05, 3.63) is 41.7 Å². The van der Waals surface area contributed by atoms with Crippen LogP contribution in [0.4, 0.5) is 4.79 Å². The van der Waals surface area contributed by atoms with Crippen molar-refractivity contribution in [2.75, 3.05) is 32.8 Å². The monoisotopic (exact) mass is 369 g/mol. The van der Waals surface area contributed by atoms with Crippen molar-refractivity contribution < 1.29 is 19.4 Å². The molecule has 2 N–H and O–H groups in total. The number of aliphatic carboxylic acids is 1. The van der Waals surface area contributed by atoms with E-state index in [0.29, 0.717) is 38.5 Å². The maximum absolute atomic E-state index is 13.0. The lowest BCUT2D eigenvalue weighted by molar-refractivity contribution is -0.130. The summed E-state index contributed by atoms with van der Waals surface area (Å²) in [7, 11) is 0. The standard InChI is InChI=1S/C20H23N3O4/c1-20(2)12-23(19(26)22-7-9-27-10-8-22)11-14(18(24)25)17-16(20)13-5-3-4-6-15(13)21-17/h3-6,11,21H,7-10,12H2,1-2H3,(H,24,25). The number of nitrogens with one attached hydrogen (secondary N) is 1. The van der Waals surface area contributed by atoms with Gasteiger partial charge in [0.2, 0.25) is 0 Å². The van der Waals surface area contributed by atoms with E-state index in [1.807, 2.05) is 38.1 Å². The lowest BCUT2D eigenvalue weighted by atomic mass is 9.82. The minimum atomic E-state index is -1.06. The van der Waals surface area contributed by atoms with E-state index in [-0.39, 0.29) is 11.6 Å². The molecule has 7 heteroatoms. The molecule has 27 heavy (non-hydrogen) atoms. The molecule has 2 aliphatic heterocycles. The molecule has 0 spiro atoms. The molecule has 2 aliphatic rings. The van der Waals surface area contributed by atoms with E-state index in [1.165, 1.54) is 11.1 Å². The normalized spacial score (nSPS) is 19.4. The van der Waals surface area contributed by atoms with Crippen molar-refractivity contribution in [1.82, 2.24) is 14.8 Å². The molecule has 1 aromatic carbocycles.